The standard InChI is InChI=1S/C21H22NO2P/c23-25(24,17-16-18-10-4-1-5-11-18)22-21(19-12-6-2-7-13-19)20-14-8-3-9-15-20/h1-15,21H,16-17H2,(H2,22,23,24). The highest BCUT2D eigenvalue weighted by Crippen LogP contribution is 2.41. The number of nitrogens with one attached hydrogen (secondary N) is 1. The Balaban J connectivity index is 1.78. The van der Waals surface area contributed by atoms with Crippen LogP contribution in [0.4, 0.5) is 0 Å². The van der Waals surface area contributed by atoms with Crippen molar-refractivity contribution in [2.24, 2.45) is 0 Å². The molecule has 25 heavy (non-hydrogen) atoms. The van der Waals surface area contributed by atoms with Crippen LogP contribution in [0.15, 0.2) is 91.0 Å². The molecule has 0 bridgehead atoms. The molecule has 0 saturated heterocycles. The highest BCUT2D eigenvalue weighted by atomic mass is 31.2. The first-order valence-electron chi connectivity index (χ1n) is 8.37. The largest absolute Gasteiger partial charge is 0.333 e. The molecule has 0 aromatic heterocycles. The van der Waals surface area contributed by atoms with E-state index in [4.69, 9.17) is 0 Å². The van der Waals surface area contributed by atoms with Gasteiger partial charge in [-0.1, -0.05) is 91.0 Å². The van der Waals surface area contributed by atoms with E-state index in [1.165, 1.54) is 0 Å². The molecule has 1 atom stereocenters. The van der Waals surface area contributed by atoms with Gasteiger partial charge in [-0.25, -0.2) is 5.09 Å². The van der Waals surface area contributed by atoms with Gasteiger partial charge in [0.15, 0.2) is 0 Å². The van der Waals surface area contributed by atoms with Crippen LogP contribution in [-0.4, -0.2) is 11.1 Å². The Labute approximate surface area is 148 Å². The topological polar surface area (TPSA) is 49.3 Å². The normalized spacial score (nSPS) is 13.5. The Hall–Kier alpha value is -2.19. The fourth-order valence-electron chi connectivity index (χ4n) is 2.82. The van der Waals surface area contributed by atoms with Crippen LogP contribution in [-0.2, 0) is 11.0 Å². The highest BCUT2D eigenvalue weighted by Gasteiger charge is 2.25. The molecule has 128 valence electrons. The van der Waals surface area contributed by atoms with Crippen LogP contribution >= 0.6 is 7.52 Å². The summed E-state index contributed by atoms with van der Waals surface area (Å²) in [5, 5.41) is 3.01. The minimum atomic E-state index is -3.50. The van der Waals surface area contributed by atoms with E-state index in [1.54, 1.807) is 0 Å². The molecule has 0 amide bonds. The van der Waals surface area contributed by atoms with E-state index in [9.17, 15) is 9.46 Å². The third-order valence-electron chi connectivity index (χ3n) is 4.14. The van der Waals surface area contributed by atoms with Crippen LogP contribution in [0.3, 0.4) is 0 Å². The Kier molecular flexibility index (Phi) is 5.83. The lowest BCUT2D eigenvalue weighted by atomic mass is 10.00. The molecule has 0 aliphatic heterocycles. The lowest BCUT2D eigenvalue weighted by molar-refractivity contribution is 0.455. The molecule has 0 saturated carbocycles. The molecule has 0 aliphatic rings. The summed E-state index contributed by atoms with van der Waals surface area (Å²) in [7, 11) is -3.50. The quantitative estimate of drug-likeness (QED) is 0.602. The fraction of sp³-hybridized carbons (Fsp3) is 0.143. The second-order valence-corrected chi connectivity index (χ2v) is 8.15. The van der Waals surface area contributed by atoms with E-state index >= 15 is 0 Å². The first-order chi connectivity index (χ1) is 12.1. The smallest absolute Gasteiger partial charge is 0.268 e. The van der Waals surface area contributed by atoms with E-state index in [0.29, 0.717) is 6.42 Å². The Morgan fingerprint density at radius 1 is 0.760 bits per heavy atom. The first-order valence-corrected chi connectivity index (χ1v) is 10.2. The summed E-state index contributed by atoms with van der Waals surface area (Å²) in [5.74, 6) is 0. The third-order valence-corrected chi connectivity index (χ3v) is 5.63. The predicted octanol–water partition coefficient (Wildman–Crippen LogP) is 4.79. The molecular formula is C21H22NO2P. The van der Waals surface area contributed by atoms with Gasteiger partial charge in [0, 0.05) is 6.16 Å². The van der Waals surface area contributed by atoms with Crippen molar-refractivity contribution < 1.29 is 9.46 Å². The number of benzene rings is 3. The van der Waals surface area contributed by atoms with Crippen LogP contribution < -0.4 is 5.09 Å². The van der Waals surface area contributed by atoms with Crippen LogP contribution in [0.2, 0.25) is 0 Å². The molecular weight excluding hydrogens is 329 g/mol. The monoisotopic (exact) mass is 351 g/mol. The summed E-state index contributed by atoms with van der Waals surface area (Å²) in [6.45, 7) is 0. The maximum absolute atomic E-state index is 12.8. The zero-order chi connectivity index (χ0) is 17.5. The Morgan fingerprint density at radius 3 is 1.68 bits per heavy atom. The molecule has 3 nitrogen and oxygen atoms in total. The van der Waals surface area contributed by atoms with Crippen molar-refractivity contribution in [1.29, 1.82) is 0 Å². The van der Waals surface area contributed by atoms with Crippen molar-refractivity contribution >= 4 is 7.52 Å². The van der Waals surface area contributed by atoms with Gasteiger partial charge in [0.25, 0.3) is 7.52 Å². The summed E-state index contributed by atoms with van der Waals surface area (Å²) in [6, 6.07) is 29.0. The van der Waals surface area contributed by atoms with Gasteiger partial charge in [0.05, 0.1) is 6.04 Å². The number of hydrogen-bond acceptors (Lipinski definition) is 1. The maximum Gasteiger partial charge on any atom is 0.268 e. The van der Waals surface area contributed by atoms with Gasteiger partial charge < -0.3 is 4.89 Å². The molecule has 2 N–H and O–H groups in total. The van der Waals surface area contributed by atoms with E-state index < -0.39 is 7.52 Å². The number of rotatable bonds is 7. The zero-order valence-electron chi connectivity index (χ0n) is 14.0. The Morgan fingerprint density at radius 2 is 1.20 bits per heavy atom. The molecule has 0 radical (unpaired) electrons. The summed E-state index contributed by atoms with van der Waals surface area (Å²) in [5.41, 5.74) is 3.01. The molecule has 0 heterocycles. The minimum Gasteiger partial charge on any atom is -0.333 e. The summed E-state index contributed by atoms with van der Waals surface area (Å²) < 4.78 is 12.8. The van der Waals surface area contributed by atoms with Gasteiger partial charge in [0.1, 0.15) is 0 Å². The van der Waals surface area contributed by atoms with Crippen molar-refractivity contribution in [3.8, 4) is 0 Å². The molecule has 0 aliphatic carbocycles. The lowest BCUT2D eigenvalue weighted by Gasteiger charge is -2.23. The molecule has 3 aromatic rings. The molecule has 3 rings (SSSR count). The van der Waals surface area contributed by atoms with Crippen molar-refractivity contribution in [1.82, 2.24) is 5.09 Å². The molecule has 3 aromatic carbocycles. The molecule has 4 heteroatoms. The highest BCUT2D eigenvalue weighted by molar-refractivity contribution is 7.55. The molecule has 1 unspecified atom stereocenters. The van der Waals surface area contributed by atoms with Crippen LogP contribution in [0.1, 0.15) is 22.7 Å². The van der Waals surface area contributed by atoms with Crippen molar-refractivity contribution in [3.05, 3.63) is 108 Å². The van der Waals surface area contributed by atoms with Crippen LogP contribution in [0.25, 0.3) is 0 Å². The van der Waals surface area contributed by atoms with Crippen molar-refractivity contribution in [3.63, 3.8) is 0 Å². The fourth-order valence-corrected chi connectivity index (χ4v) is 4.22. The lowest BCUT2D eigenvalue weighted by Crippen LogP contribution is -2.21. The van der Waals surface area contributed by atoms with Gasteiger partial charge in [-0.2, -0.15) is 0 Å². The van der Waals surface area contributed by atoms with Gasteiger partial charge >= 0.3 is 0 Å². The number of hydrogen-bond donors (Lipinski definition) is 2. The van der Waals surface area contributed by atoms with Crippen LogP contribution in [0, 0.1) is 0 Å². The van der Waals surface area contributed by atoms with Gasteiger partial charge in [0.2, 0.25) is 0 Å². The Bertz CT molecular complexity index is 783. The third kappa shape index (κ3) is 5.14. The average Bonchev–Trinajstić information content (AvgIpc) is 2.67. The summed E-state index contributed by atoms with van der Waals surface area (Å²) in [6.07, 6.45) is 0.769. The zero-order valence-corrected chi connectivity index (χ0v) is 14.8. The second-order valence-electron chi connectivity index (χ2n) is 6.04. The van der Waals surface area contributed by atoms with Crippen LogP contribution in [0.5, 0.6) is 0 Å². The summed E-state index contributed by atoms with van der Waals surface area (Å²) in [4.78, 5) is 10.5. The molecule has 0 fully saturated rings. The summed E-state index contributed by atoms with van der Waals surface area (Å²) >= 11 is 0. The average molecular weight is 351 g/mol. The minimum absolute atomic E-state index is 0.202. The van der Waals surface area contributed by atoms with E-state index in [1.807, 2.05) is 91.0 Å². The van der Waals surface area contributed by atoms with Gasteiger partial charge in [-0.05, 0) is 23.1 Å². The number of aryl methyl sites for hydroxylation is 1. The van der Waals surface area contributed by atoms with E-state index in [2.05, 4.69) is 5.09 Å². The SMILES string of the molecule is O=P(O)(CCc1ccccc1)NC(c1ccccc1)c1ccccc1. The van der Waals surface area contributed by atoms with Gasteiger partial charge in [-0.15, -0.1) is 0 Å². The van der Waals surface area contributed by atoms with Crippen molar-refractivity contribution in [2.45, 2.75) is 12.5 Å². The van der Waals surface area contributed by atoms with E-state index in [-0.39, 0.29) is 12.2 Å². The van der Waals surface area contributed by atoms with E-state index in [0.717, 1.165) is 16.7 Å². The van der Waals surface area contributed by atoms with Gasteiger partial charge in [-0.3, -0.25) is 4.57 Å². The maximum atomic E-state index is 12.8. The first kappa shape index (κ1) is 17.6. The van der Waals surface area contributed by atoms with Crippen molar-refractivity contribution in [2.75, 3.05) is 6.16 Å². The second kappa shape index (κ2) is 8.26. The predicted molar refractivity (Wildman–Crippen MR) is 103 cm³/mol. The molecule has 0 spiro atoms.